The van der Waals surface area contributed by atoms with Crippen molar-refractivity contribution in [3.63, 3.8) is 0 Å². The van der Waals surface area contributed by atoms with Crippen molar-refractivity contribution in [2.45, 2.75) is 13.2 Å². The third-order valence-electron chi connectivity index (χ3n) is 3.60. The number of ether oxygens (including phenoxy) is 2. The van der Waals surface area contributed by atoms with Gasteiger partial charge < -0.3 is 9.47 Å². The van der Waals surface area contributed by atoms with Crippen LogP contribution in [0.2, 0.25) is 0 Å². The van der Waals surface area contributed by atoms with Crippen molar-refractivity contribution in [1.82, 2.24) is 0 Å². The minimum atomic E-state index is -0.395. The Hall–Kier alpha value is -2.59. The summed E-state index contributed by atoms with van der Waals surface area (Å²) in [6.45, 7) is 0.613. The topological polar surface area (TPSA) is 35.5 Å². The fraction of sp³-hybridized carbons (Fsp3) is 0.0952. The van der Waals surface area contributed by atoms with Gasteiger partial charge in [0.2, 0.25) is 0 Å². The van der Waals surface area contributed by atoms with E-state index >= 15 is 0 Å². The first-order valence-electron chi connectivity index (χ1n) is 7.90. The van der Waals surface area contributed by atoms with Crippen molar-refractivity contribution >= 4 is 21.9 Å². The summed E-state index contributed by atoms with van der Waals surface area (Å²) in [6.07, 6.45) is 0. The molecule has 0 aliphatic heterocycles. The molecule has 0 heterocycles. The molecule has 4 heteroatoms. The maximum absolute atomic E-state index is 12.4. The molecule has 3 nitrogen and oxygen atoms in total. The average molecular weight is 397 g/mol. The third-order valence-corrected chi connectivity index (χ3v) is 4.10. The second kappa shape index (κ2) is 8.49. The number of hydrogen-bond acceptors (Lipinski definition) is 3. The number of rotatable bonds is 6. The average Bonchev–Trinajstić information content (AvgIpc) is 2.65. The Morgan fingerprint density at radius 1 is 0.800 bits per heavy atom. The zero-order chi connectivity index (χ0) is 17.5. The zero-order valence-corrected chi connectivity index (χ0v) is 15.1. The molecule has 25 heavy (non-hydrogen) atoms. The lowest BCUT2D eigenvalue weighted by Gasteiger charge is -2.11. The maximum atomic E-state index is 12.4. The molecule has 0 N–H and O–H groups in total. The summed E-state index contributed by atoms with van der Waals surface area (Å²) in [6, 6.07) is 24.6. The summed E-state index contributed by atoms with van der Waals surface area (Å²) in [7, 11) is 0. The lowest BCUT2D eigenvalue weighted by molar-refractivity contribution is 0.0467. The molecule has 0 bridgehead atoms. The first-order valence-corrected chi connectivity index (χ1v) is 8.69. The standard InChI is InChI=1S/C21H17BrO3/c22-18-10-6-9-17(13-18)15-24-20-12-5-4-11-19(20)21(23)25-14-16-7-2-1-3-8-16/h1-13H,14-15H2. The molecule has 0 saturated heterocycles. The predicted octanol–water partition coefficient (Wildman–Crippen LogP) is 5.39. The van der Waals surface area contributed by atoms with Gasteiger partial charge in [0.25, 0.3) is 0 Å². The van der Waals surface area contributed by atoms with Gasteiger partial charge >= 0.3 is 5.97 Å². The number of carbonyl (C=O) groups excluding carboxylic acids is 1. The molecule has 0 atom stereocenters. The van der Waals surface area contributed by atoms with E-state index in [-0.39, 0.29) is 6.61 Å². The molecule has 3 aromatic carbocycles. The molecule has 0 aliphatic carbocycles. The Kier molecular flexibility index (Phi) is 5.86. The fourth-order valence-electron chi connectivity index (χ4n) is 2.35. The molecule has 0 unspecified atom stereocenters. The van der Waals surface area contributed by atoms with Crippen molar-refractivity contribution in [2.75, 3.05) is 0 Å². The summed E-state index contributed by atoms with van der Waals surface area (Å²) in [4.78, 5) is 12.4. The van der Waals surface area contributed by atoms with E-state index in [0.717, 1.165) is 15.6 Å². The van der Waals surface area contributed by atoms with Crippen LogP contribution < -0.4 is 4.74 Å². The summed E-state index contributed by atoms with van der Waals surface area (Å²) in [5, 5.41) is 0. The summed E-state index contributed by atoms with van der Waals surface area (Å²) >= 11 is 3.44. The highest BCUT2D eigenvalue weighted by molar-refractivity contribution is 9.10. The van der Waals surface area contributed by atoms with Crippen LogP contribution in [0, 0.1) is 0 Å². The number of esters is 1. The molecule has 0 amide bonds. The van der Waals surface area contributed by atoms with Gasteiger partial charge in [-0.1, -0.05) is 70.5 Å². The fourth-order valence-corrected chi connectivity index (χ4v) is 2.80. The Morgan fingerprint density at radius 3 is 2.32 bits per heavy atom. The molecule has 3 aromatic rings. The van der Waals surface area contributed by atoms with Crippen molar-refractivity contribution in [1.29, 1.82) is 0 Å². The number of halogens is 1. The van der Waals surface area contributed by atoms with Gasteiger partial charge in [-0.05, 0) is 35.4 Å². The summed E-state index contributed by atoms with van der Waals surface area (Å²) in [5.74, 6) is 0.120. The van der Waals surface area contributed by atoms with Gasteiger partial charge in [-0.2, -0.15) is 0 Å². The van der Waals surface area contributed by atoms with Crippen LogP contribution in [-0.2, 0) is 18.0 Å². The monoisotopic (exact) mass is 396 g/mol. The normalized spacial score (nSPS) is 10.3. The van der Waals surface area contributed by atoms with Crippen LogP contribution in [0.4, 0.5) is 0 Å². The SMILES string of the molecule is O=C(OCc1ccccc1)c1ccccc1OCc1cccc(Br)c1. The number of carbonyl (C=O) groups is 1. The van der Waals surface area contributed by atoms with Crippen LogP contribution in [0.5, 0.6) is 5.75 Å². The maximum Gasteiger partial charge on any atom is 0.342 e. The van der Waals surface area contributed by atoms with Gasteiger partial charge in [0.1, 0.15) is 24.5 Å². The summed E-state index contributed by atoms with van der Waals surface area (Å²) < 4.78 is 12.2. The van der Waals surface area contributed by atoms with Gasteiger partial charge in [-0.25, -0.2) is 4.79 Å². The van der Waals surface area contributed by atoms with E-state index in [0.29, 0.717) is 17.9 Å². The minimum absolute atomic E-state index is 0.236. The molecule has 0 aromatic heterocycles. The highest BCUT2D eigenvalue weighted by atomic mass is 79.9. The lowest BCUT2D eigenvalue weighted by atomic mass is 10.2. The minimum Gasteiger partial charge on any atom is -0.488 e. The van der Waals surface area contributed by atoms with E-state index in [1.807, 2.05) is 60.7 Å². The Morgan fingerprint density at radius 2 is 1.52 bits per heavy atom. The van der Waals surface area contributed by atoms with Gasteiger partial charge in [-0.15, -0.1) is 0 Å². The van der Waals surface area contributed by atoms with Crippen LogP contribution in [-0.4, -0.2) is 5.97 Å². The van der Waals surface area contributed by atoms with Crippen molar-refractivity contribution in [3.05, 3.63) is 100 Å². The van der Waals surface area contributed by atoms with E-state index in [4.69, 9.17) is 9.47 Å². The quantitative estimate of drug-likeness (QED) is 0.524. The number of benzene rings is 3. The van der Waals surface area contributed by atoms with Gasteiger partial charge in [0, 0.05) is 4.47 Å². The van der Waals surface area contributed by atoms with Crippen LogP contribution in [0.1, 0.15) is 21.5 Å². The Labute approximate surface area is 155 Å². The van der Waals surface area contributed by atoms with Crippen molar-refractivity contribution in [2.24, 2.45) is 0 Å². The molecule has 0 saturated carbocycles. The van der Waals surface area contributed by atoms with E-state index in [2.05, 4.69) is 15.9 Å². The smallest absolute Gasteiger partial charge is 0.342 e. The van der Waals surface area contributed by atoms with Crippen LogP contribution in [0.25, 0.3) is 0 Å². The van der Waals surface area contributed by atoms with Gasteiger partial charge in [-0.3, -0.25) is 0 Å². The highest BCUT2D eigenvalue weighted by Crippen LogP contribution is 2.21. The first kappa shape index (κ1) is 17.2. The van der Waals surface area contributed by atoms with Crippen LogP contribution >= 0.6 is 15.9 Å². The van der Waals surface area contributed by atoms with E-state index < -0.39 is 5.97 Å². The van der Waals surface area contributed by atoms with E-state index in [1.165, 1.54) is 0 Å². The van der Waals surface area contributed by atoms with Gasteiger partial charge in [0.15, 0.2) is 0 Å². The van der Waals surface area contributed by atoms with Crippen LogP contribution in [0.15, 0.2) is 83.3 Å². The molecule has 126 valence electrons. The molecule has 0 aliphatic rings. The Bertz CT molecular complexity index is 847. The lowest BCUT2D eigenvalue weighted by Crippen LogP contribution is -2.08. The first-order chi connectivity index (χ1) is 12.2. The predicted molar refractivity (Wildman–Crippen MR) is 100 cm³/mol. The molecule has 0 spiro atoms. The van der Waals surface area contributed by atoms with Crippen molar-refractivity contribution < 1.29 is 14.3 Å². The second-order valence-electron chi connectivity index (χ2n) is 5.48. The van der Waals surface area contributed by atoms with Gasteiger partial charge in [0.05, 0.1) is 0 Å². The summed E-state index contributed by atoms with van der Waals surface area (Å²) in [5.41, 5.74) is 2.39. The molecule has 0 radical (unpaired) electrons. The Balaban J connectivity index is 1.66. The number of para-hydroxylation sites is 1. The zero-order valence-electron chi connectivity index (χ0n) is 13.5. The highest BCUT2D eigenvalue weighted by Gasteiger charge is 2.14. The molecular weight excluding hydrogens is 380 g/mol. The molecule has 0 fully saturated rings. The second-order valence-corrected chi connectivity index (χ2v) is 6.39. The van der Waals surface area contributed by atoms with Crippen molar-refractivity contribution in [3.8, 4) is 5.75 Å². The molecular formula is C21H17BrO3. The number of hydrogen-bond donors (Lipinski definition) is 0. The molecule has 3 rings (SSSR count). The largest absolute Gasteiger partial charge is 0.488 e. The third kappa shape index (κ3) is 4.94. The van der Waals surface area contributed by atoms with Crippen LogP contribution in [0.3, 0.4) is 0 Å². The van der Waals surface area contributed by atoms with E-state index in [9.17, 15) is 4.79 Å². The van der Waals surface area contributed by atoms with E-state index in [1.54, 1.807) is 18.2 Å².